The van der Waals surface area contributed by atoms with E-state index in [-0.39, 0.29) is 29.7 Å². The van der Waals surface area contributed by atoms with Gasteiger partial charge in [0.2, 0.25) is 0 Å². The van der Waals surface area contributed by atoms with Gasteiger partial charge in [0.1, 0.15) is 23.9 Å². The van der Waals surface area contributed by atoms with Gasteiger partial charge in [-0.15, -0.1) is 0 Å². The van der Waals surface area contributed by atoms with Gasteiger partial charge in [0.15, 0.2) is 5.78 Å². The fourth-order valence-electron chi connectivity index (χ4n) is 8.05. The summed E-state index contributed by atoms with van der Waals surface area (Å²) in [6.07, 6.45) is -3.24. The van der Waals surface area contributed by atoms with Crippen LogP contribution in [0.1, 0.15) is 60.3 Å². The molecule has 32 heavy (non-hydrogen) atoms. The van der Waals surface area contributed by atoms with Crippen molar-refractivity contribution in [2.24, 2.45) is 28.1 Å². The predicted molar refractivity (Wildman–Crippen MR) is 112 cm³/mol. The maximum atomic E-state index is 13.7. The molecular formula is C24H34O8. The largest absolute Gasteiger partial charge is 0.462 e. The number of Topliss-reactive ketones (excluding diaryl/α,β-unsaturated/α-hetero) is 1. The molecule has 3 N–H and O–H groups in total. The number of carbonyl (C=O) groups is 3. The molecular weight excluding hydrogens is 416 g/mol. The van der Waals surface area contributed by atoms with Crippen LogP contribution in [0.3, 0.4) is 0 Å². The summed E-state index contributed by atoms with van der Waals surface area (Å²) in [6, 6.07) is 0. The lowest BCUT2D eigenvalue weighted by Crippen LogP contribution is -2.75. The van der Waals surface area contributed by atoms with Crippen molar-refractivity contribution >= 4 is 17.7 Å². The number of esters is 2. The van der Waals surface area contributed by atoms with Gasteiger partial charge in [-0.05, 0) is 30.6 Å². The molecule has 0 aromatic heterocycles. The van der Waals surface area contributed by atoms with Crippen LogP contribution in [0.5, 0.6) is 0 Å². The van der Waals surface area contributed by atoms with Crippen LogP contribution in [-0.4, -0.2) is 63.1 Å². The van der Waals surface area contributed by atoms with E-state index in [1.165, 1.54) is 13.8 Å². The number of hydrogen-bond acceptors (Lipinski definition) is 8. The molecule has 1 spiro atoms. The molecule has 0 amide bonds. The average molecular weight is 451 g/mol. The van der Waals surface area contributed by atoms with Crippen LogP contribution in [0.15, 0.2) is 12.2 Å². The summed E-state index contributed by atoms with van der Waals surface area (Å²) >= 11 is 0. The maximum absolute atomic E-state index is 13.7. The Labute approximate surface area is 188 Å². The average Bonchev–Trinajstić information content (AvgIpc) is 2.75. The summed E-state index contributed by atoms with van der Waals surface area (Å²) in [5, 5.41) is 34.2. The van der Waals surface area contributed by atoms with E-state index in [0.29, 0.717) is 6.42 Å². The van der Waals surface area contributed by atoms with Crippen molar-refractivity contribution in [3.8, 4) is 0 Å². The SMILES string of the molecule is C=C1C(=O)[C@]23[C@H](O)C[C@@H]4C(C)(C)CC[C@@H](OC(C)=O)[C@@]4(C)[C@@H]2[C@@H](OC(C)=O)C[C@]1(O)[C@@H]3O. The first kappa shape index (κ1) is 23.4. The smallest absolute Gasteiger partial charge is 0.302 e. The highest BCUT2D eigenvalue weighted by molar-refractivity contribution is 6.06. The van der Waals surface area contributed by atoms with Crippen molar-refractivity contribution in [3.63, 3.8) is 0 Å². The third-order valence-electron chi connectivity index (χ3n) is 9.24. The van der Waals surface area contributed by atoms with Crippen LogP contribution in [0.2, 0.25) is 0 Å². The van der Waals surface area contributed by atoms with E-state index >= 15 is 0 Å². The second-order valence-corrected chi connectivity index (χ2v) is 11.2. The number of ether oxygens (including phenoxy) is 2. The molecule has 4 rings (SSSR count). The van der Waals surface area contributed by atoms with E-state index in [0.717, 1.165) is 6.42 Å². The van der Waals surface area contributed by atoms with Gasteiger partial charge in [-0.1, -0.05) is 27.4 Å². The number of rotatable bonds is 2. The second-order valence-electron chi connectivity index (χ2n) is 11.2. The molecule has 9 atom stereocenters. The summed E-state index contributed by atoms with van der Waals surface area (Å²) in [7, 11) is 0. The van der Waals surface area contributed by atoms with E-state index in [1.807, 2.05) is 6.92 Å². The topological polar surface area (TPSA) is 130 Å². The van der Waals surface area contributed by atoms with E-state index < -0.39 is 64.5 Å². The normalized spacial score (nSPS) is 49.1. The first-order valence-electron chi connectivity index (χ1n) is 11.3. The lowest BCUT2D eigenvalue weighted by atomic mass is 9.38. The molecule has 4 fully saturated rings. The molecule has 0 unspecified atom stereocenters. The van der Waals surface area contributed by atoms with Crippen LogP contribution < -0.4 is 0 Å². The number of ketones is 1. The highest BCUT2D eigenvalue weighted by Gasteiger charge is 2.81. The number of aliphatic hydroxyl groups excluding tert-OH is 2. The number of hydrogen-bond donors (Lipinski definition) is 3. The molecule has 0 aromatic rings. The molecule has 8 heteroatoms. The van der Waals surface area contributed by atoms with Crippen molar-refractivity contribution in [2.75, 3.05) is 0 Å². The van der Waals surface area contributed by atoms with Crippen molar-refractivity contribution in [1.82, 2.24) is 0 Å². The van der Waals surface area contributed by atoms with Crippen LogP contribution in [0.25, 0.3) is 0 Å². The molecule has 178 valence electrons. The van der Waals surface area contributed by atoms with Gasteiger partial charge in [0.05, 0.1) is 11.5 Å². The van der Waals surface area contributed by atoms with Crippen molar-refractivity contribution in [1.29, 1.82) is 0 Å². The monoisotopic (exact) mass is 450 g/mol. The van der Waals surface area contributed by atoms with Gasteiger partial charge in [-0.2, -0.15) is 0 Å². The minimum atomic E-state index is -2.00. The molecule has 0 saturated heterocycles. The van der Waals surface area contributed by atoms with Crippen molar-refractivity contribution in [3.05, 3.63) is 12.2 Å². The summed E-state index contributed by atoms with van der Waals surface area (Å²) in [4.78, 5) is 37.8. The van der Waals surface area contributed by atoms with E-state index in [2.05, 4.69) is 20.4 Å². The van der Waals surface area contributed by atoms with Gasteiger partial charge >= 0.3 is 11.9 Å². The Kier molecular flexibility index (Phi) is 5.02. The van der Waals surface area contributed by atoms with Crippen LogP contribution >= 0.6 is 0 Å². The van der Waals surface area contributed by atoms with E-state index in [9.17, 15) is 29.7 Å². The zero-order chi connectivity index (χ0) is 24.0. The Morgan fingerprint density at radius 3 is 2.25 bits per heavy atom. The molecule has 4 aliphatic carbocycles. The standard InChI is InChI=1S/C24H34O8/c1-11-19(28)24-16(27)9-15-21(4,5)8-7-17(32-13(3)26)22(15,6)18(24)14(31-12(2)25)10-23(11,30)20(24)29/h14-18,20,27,29-30H,1,7-10H2,2-6H3/t14-,15+,16+,17+,18-,20-,22-,23+,24-/m0/s1. The predicted octanol–water partition coefficient (Wildman–Crippen LogP) is 1.29. The van der Waals surface area contributed by atoms with Gasteiger partial charge in [0, 0.05) is 37.2 Å². The van der Waals surface area contributed by atoms with Gasteiger partial charge in [-0.3, -0.25) is 14.4 Å². The third-order valence-corrected chi connectivity index (χ3v) is 9.24. The van der Waals surface area contributed by atoms with Gasteiger partial charge in [-0.25, -0.2) is 0 Å². The fraction of sp³-hybridized carbons (Fsp3) is 0.792. The number of carbonyl (C=O) groups excluding carboxylic acids is 3. The molecule has 4 aliphatic rings. The molecule has 0 heterocycles. The minimum Gasteiger partial charge on any atom is -0.462 e. The number of fused-ring (bicyclic) bond motifs is 3. The highest BCUT2D eigenvalue weighted by atomic mass is 16.6. The Morgan fingerprint density at radius 2 is 1.69 bits per heavy atom. The first-order valence-corrected chi connectivity index (χ1v) is 11.3. The summed E-state index contributed by atoms with van der Waals surface area (Å²) < 4.78 is 11.5. The van der Waals surface area contributed by atoms with Crippen LogP contribution in [0, 0.1) is 28.1 Å². The summed E-state index contributed by atoms with van der Waals surface area (Å²) in [6.45, 7) is 12.4. The molecule has 0 radical (unpaired) electrons. The summed E-state index contributed by atoms with van der Waals surface area (Å²) in [5.74, 6) is -2.74. The second kappa shape index (κ2) is 6.87. The maximum Gasteiger partial charge on any atom is 0.302 e. The molecule has 2 bridgehead atoms. The minimum absolute atomic E-state index is 0.176. The van der Waals surface area contributed by atoms with E-state index in [1.54, 1.807) is 0 Å². The zero-order valence-corrected chi connectivity index (χ0v) is 19.4. The Hall–Kier alpha value is -1.77. The fourth-order valence-corrected chi connectivity index (χ4v) is 8.05. The van der Waals surface area contributed by atoms with Crippen molar-refractivity contribution in [2.45, 2.75) is 90.3 Å². The highest BCUT2D eigenvalue weighted by Crippen LogP contribution is 2.72. The molecule has 0 aromatic carbocycles. The quantitative estimate of drug-likeness (QED) is 0.424. The van der Waals surface area contributed by atoms with Gasteiger partial charge < -0.3 is 24.8 Å². The Bertz CT molecular complexity index is 894. The van der Waals surface area contributed by atoms with E-state index in [4.69, 9.17) is 9.47 Å². The van der Waals surface area contributed by atoms with Crippen LogP contribution in [-0.2, 0) is 23.9 Å². The van der Waals surface area contributed by atoms with Crippen molar-refractivity contribution < 1.29 is 39.2 Å². The lowest BCUT2D eigenvalue weighted by molar-refractivity contribution is -0.294. The molecule has 8 nitrogen and oxygen atoms in total. The Morgan fingerprint density at radius 1 is 1.09 bits per heavy atom. The lowest BCUT2D eigenvalue weighted by Gasteiger charge is -2.67. The number of aliphatic hydroxyl groups is 3. The molecule has 0 aliphatic heterocycles. The van der Waals surface area contributed by atoms with Crippen LogP contribution in [0.4, 0.5) is 0 Å². The zero-order valence-electron chi connectivity index (χ0n) is 19.4. The Balaban J connectivity index is 2.00. The first-order chi connectivity index (χ1) is 14.6. The summed E-state index contributed by atoms with van der Waals surface area (Å²) in [5.41, 5.74) is -5.16. The third kappa shape index (κ3) is 2.63. The van der Waals surface area contributed by atoms with Gasteiger partial charge in [0.25, 0.3) is 0 Å². The molecule has 4 saturated carbocycles.